The van der Waals surface area contributed by atoms with Crippen LogP contribution in [-0.2, 0) is 16.0 Å². The van der Waals surface area contributed by atoms with Crippen LogP contribution in [0.3, 0.4) is 0 Å². The van der Waals surface area contributed by atoms with Crippen LogP contribution in [0.4, 0.5) is 0 Å². The van der Waals surface area contributed by atoms with Gasteiger partial charge in [0.25, 0.3) is 0 Å². The van der Waals surface area contributed by atoms with E-state index in [1.54, 1.807) is 12.1 Å². The van der Waals surface area contributed by atoms with Crippen LogP contribution in [-0.4, -0.2) is 67.0 Å². The van der Waals surface area contributed by atoms with Gasteiger partial charge in [0.2, 0.25) is 11.8 Å². The molecule has 0 unspecified atom stereocenters. The van der Waals surface area contributed by atoms with Gasteiger partial charge >= 0.3 is 0 Å². The summed E-state index contributed by atoms with van der Waals surface area (Å²) in [7, 11) is 2.08. The second-order valence-corrected chi connectivity index (χ2v) is 6.28. The Balaban J connectivity index is 1.59. The number of aryl methyl sites for hydroxylation is 1. The summed E-state index contributed by atoms with van der Waals surface area (Å²) in [6.07, 6.45) is 1.03. The van der Waals surface area contributed by atoms with Crippen molar-refractivity contribution in [2.24, 2.45) is 5.73 Å². The molecule has 0 spiro atoms. The standard InChI is InChI=1S/C17H23N3O3/c1-19-8-9-23-15-11-20(10-14(15)19)16(21)7-6-12-4-2-3-5-13(12)17(18)22/h2-5,14-15H,6-11H2,1H3,(H2,18,22)/t14-,15+/m0/s1. The van der Waals surface area contributed by atoms with Gasteiger partial charge in [-0.25, -0.2) is 0 Å². The molecule has 0 saturated carbocycles. The Hall–Kier alpha value is -1.92. The summed E-state index contributed by atoms with van der Waals surface area (Å²) in [5.74, 6) is -0.342. The molecule has 6 nitrogen and oxygen atoms in total. The normalized spacial score (nSPS) is 24.5. The minimum absolute atomic E-state index is 0.107. The molecule has 0 aliphatic carbocycles. The summed E-state index contributed by atoms with van der Waals surface area (Å²) in [6, 6.07) is 7.50. The number of nitrogens with zero attached hydrogens (tertiary/aromatic N) is 2. The minimum atomic E-state index is -0.449. The summed E-state index contributed by atoms with van der Waals surface area (Å²) in [5.41, 5.74) is 6.71. The predicted octanol–water partition coefficient (Wildman–Crippen LogP) is 0.260. The van der Waals surface area contributed by atoms with Gasteiger partial charge in [0.1, 0.15) is 0 Å². The number of hydrogen-bond donors (Lipinski definition) is 1. The fourth-order valence-corrected chi connectivity index (χ4v) is 3.44. The Morgan fingerprint density at radius 3 is 2.83 bits per heavy atom. The minimum Gasteiger partial charge on any atom is -0.373 e. The van der Waals surface area contributed by atoms with Gasteiger partial charge in [-0.1, -0.05) is 18.2 Å². The molecule has 0 aromatic heterocycles. The number of carbonyl (C=O) groups excluding carboxylic acids is 2. The second-order valence-electron chi connectivity index (χ2n) is 6.28. The average molecular weight is 317 g/mol. The number of likely N-dealkylation sites (N-methyl/N-ethyl adjacent to an activating group) is 1. The van der Waals surface area contributed by atoms with Crippen LogP contribution in [0.2, 0.25) is 0 Å². The average Bonchev–Trinajstić information content (AvgIpc) is 2.98. The molecule has 2 N–H and O–H groups in total. The maximum atomic E-state index is 12.5. The molecular formula is C17H23N3O3. The summed E-state index contributed by atoms with van der Waals surface area (Å²) in [4.78, 5) is 28.1. The number of carbonyl (C=O) groups is 2. The number of fused-ring (bicyclic) bond motifs is 1. The number of primary amides is 1. The molecule has 2 atom stereocenters. The van der Waals surface area contributed by atoms with E-state index in [1.807, 2.05) is 17.0 Å². The first kappa shape index (κ1) is 16.0. The lowest BCUT2D eigenvalue weighted by molar-refractivity contribution is -0.130. The SMILES string of the molecule is CN1CCO[C@@H]2CN(C(=O)CCc3ccccc3C(N)=O)C[C@@H]21. The van der Waals surface area contributed by atoms with Crippen LogP contribution in [0.15, 0.2) is 24.3 Å². The molecule has 2 heterocycles. The monoisotopic (exact) mass is 317 g/mol. The molecule has 6 heteroatoms. The van der Waals surface area contributed by atoms with Crippen LogP contribution in [0.25, 0.3) is 0 Å². The zero-order valence-electron chi connectivity index (χ0n) is 13.4. The summed E-state index contributed by atoms with van der Waals surface area (Å²) < 4.78 is 5.77. The number of ether oxygens (including phenoxy) is 1. The maximum absolute atomic E-state index is 12.5. The van der Waals surface area contributed by atoms with Crippen LogP contribution < -0.4 is 5.73 Å². The van der Waals surface area contributed by atoms with Crippen molar-refractivity contribution >= 4 is 11.8 Å². The number of likely N-dealkylation sites (tertiary alicyclic amines) is 1. The van der Waals surface area contributed by atoms with Crippen molar-refractivity contribution in [2.75, 3.05) is 33.3 Å². The van der Waals surface area contributed by atoms with E-state index >= 15 is 0 Å². The van der Waals surface area contributed by atoms with E-state index in [4.69, 9.17) is 10.5 Å². The van der Waals surface area contributed by atoms with Gasteiger partial charge in [-0.2, -0.15) is 0 Å². The fraction of sp³-hybridized carbons (Fsp3) is 0.529. The smallest absolute Gasteiger partial charge is 0.248 e. The predicted molar refractivity (Wildman–Crippen MR) is 86.0 cm³/mol. The van der Waals surface area contributed by atoms with Crippen molar-refractivity contribution in [3.8, 4) is 0 Å². The molecule has 1 aromatic rings. The van der Waals surface area contributed by atoms with Crippen molar-refractivity contribution in [1.29, 1.82) is 0 Å². The lowest BCUT2D eigenvalue weighted by atomic mass is 10.0. The first-order valence-corrected chi connectivity index (χ1v) is 8.03. The van der Waals surface area contributed by atoms with Crippen molar-refractivity contribution in [3.05, 3.63) is 35.4 Å². The highest BCUT2D eigenvalue weighted by Gasteiger charge is 2.40. The van der Waals surface area contributed by atoms with Gasteiger partial charge < -0.3 is 15.4 Å². The van der Waals surface area contributed by atoms with Gasteiger partial charge in [0.05, 0.1) is 18.8 Å². The van der Waals surface area contributed by atoms with Gasteiger partial charge in [-0.15, -0.1) is 0 Å². The molecule has 2 aliphatic rings. The number of nitrogens with two attached hydrogens (primary N) is 1. The lowest BCUT2D eigenvalue weighted by Gasteiger charge is -2.33. The largest absolute Gasteiger partial charge is 0.373 e. The third kappa shape index (κ3) is 3.38. The zero-order chi connectivity index (χ0) is 16.4. The van der Waals surface area contributed by atoms with Crippen molar-refractivity contribution in [1.82, 2.24) is 9.80 Å². The van der Waals surface area contributed by atoms with E-state index in [1.165, 1.54) is 0 Å². The van der Waals surface area contributed by atoms with Crippen LogP contribution in [0, 0.1) is 0 Å². The van der Waals surface area contributed by atoms with Gasteiger partial charge in [0.15, 0.2) is 0 Å². The second kappa shape index (κ2) is 6.68. The summed E-state index contributed by atoms with van der Waals surface area (Å²) in [6.45, 7) is 3.02. The molecule has 2 amide bonds. The fourth-order valence-electron chi connectivity index (χ4n) is 3.44. The molecule has 0 radical (unpaired) electrons. The summed E-state index contributed by atoms with van der Waals surface area (Å²) >= 11 is 0. The third-order valence-electron chi connectivity index (χ3n) is 4.82. The Kier molecular flexibility index (Phi) is 4.63. The number of amides is 2. The number of rotatable bonds is 4. The molecule has 2 aliphatic heterocycles. The van der Waals surface area contributed by atoms with E-state index in [9.17, 15) is 9.59 Å². The lowest BCUT2D eigenvalue weighted by Crippen LogP contribution is -2.48. The maximum Gasteiger partial charge on any atom is 0.248 e. The van der Waals surface area contributed by atoms with E-state index in [0.29, 0.717) is 31.0 Å². The number of morpholine rings is 1. The van der Waals surface area contributed by atoms with Crippen molar-refractivity contribution in [2.45, 2.75) is 25.0 Å². The molecule has 3 rings (SSSR count). The van der Waals surface area contributed by atoms with Gasteiger partial charge in [-0.05, 0) is 25.1 Å². The summed E-state index contributed by atoms with van der Waals surface area (Å²) in [5, 5.41) is 0. The first-order chi connectivity index (χ1) is 11.1. The van der Waals surface area contributed by atoms with E-state index in [2.05, 4.69) is 11.9 Å². The quantitative estimate of drug-likeness (QED) is 0.864. The van der Waals surface area contributed by atoms with Crippen molar-refractivity contribution < 1.29 is 14.3 Å². The number of hydrogen-bond acceptors (Lipinski definition) is 4. The molecule has 2 saturated heterocycles. The highest BCUT2D eigenvalue weighted by molar-refractivity contribution is 5.94. The highest BCUT2D eigenvalue weighted by atomic mass is 16.5. The molecule has 124 valence electrons. The first-order valence-electron chi connectivity index (χ1n) is 8.03. The Bertz CT molecular complexity index is 605. The van der Waals surface area contributed by atoms with Crippen LogP contribution in [0.5, 0.6) is 0 Å². The Morgan fingerprint density at radius 1 is 1.30 bits per heavy atom. The van der Waals surface area contributed by atoms with Crippen molar-refractivity contribution in [3.63, 3.8) is 0 Å². The van der Waals surface area contributed by atoms with E-state index < -0.39 is 5.91 Å². The number of benzene rings is 1. The van der Waals surface area contributed by atoms with Gasteiger partial charge in [-0.3, -0.25) is 14.5 Å². The molecular weight excluding hydrogens is 294 g/mol. The van der Waals surface area contributed by atoms with Gasteiger partial charge in [0, 0.05) is 31.6 Å². The molecule has 1 aromatic carbocycles. The molecule has 0 bridgehead atoms. The topological polar surface area (TPSA) is 75.9 Å². The molecule has 23 heavy (non-hydrogen) atoms. The molecule has 2 fully saturated rings. The Morgan fingerprint density at radius 2 is 2.09 bits per heavy atom. The van der Waals surface area contributed by atoms with E-state index in [0.717, 1.165) is 25.3 Å². The zero-order valence-corrected chi connectivity index (χ0v) is 13.4. The van der Waals surface area contributed by atoms with Crippen LogP contribution >= 0.6 is 0 Å². The highest BCUT2D eigenvalue weighted by Crippen LogP contribution is 2.22. The third-order valence-corrected chi connectivity index (χ3v) is 4.82. The Labute approximate surface area is 136 Å². The van der Waals surface area contributed by atoms with E-state index in [-0.39, 0.29) is 12.0 Å². The van der Waals surface area contributed by atoms with Crippen LogP contribution in [0.1, 0.15) is 22.3 Å².